The van der Waals surface area contributed by atoms with E-state index in [0.29, 0.717) is 11.4 Å². The van der Waals surface area contributed by atoms with Gasteiger partial charge in [0, 0.05) is 18.4 Å². The highest BCUT2D eigenvalue weighted by Gasteiger charge is 2.11. The number of nitrogens with two attached hydrogens (primary N) is 1. The highest BCUT2D eigenvalue weighted by atomic mass is 16.5. The largest absolute Gasteiger partial charge is 0.467 e. The second-order valence-electron chi connectivity index (χ2n) is 4.12. The molecular formula is C14H16N2O3. The number of likely N-dealkylation sites (N-methyl/N-ethyl adjacent to an activating group) is 1. The average Bonchev–Trinajstić information content (AvgIpc) is 2.92. The van der Waals surface area contributed by atoms with Gasteiger partial charge in [-0.3, -0.25) is 4.79 Å². The van der Waals surface area contributed by atoms with Gasteiger partial charge in [-0.2, -0.15) is 0 Å². The smallest absolute Gasteiger partial charge is 0.252 e. The fraction of sp³-hybridized carbons (Fsp3) is 0.214. The van der Waals surface area contributed by atoms with E-state index in [9.17, 15) is 4.79 Å². The van der Waals surface area contributed by atoms with Gasteiger partial charge in [-0.15, -0.1) is 0 Å². The molecule has 5 nitrogen and oxygen atoms in total. The van der Waals surface area contributed by atoms with Crippen LogP contribution in [0.25, 0.3) is 0 Å². The van der Waals surface area contributed by atoms with Gasteiger partial charge < -0.3 is 19.8 Å². The molecule has 2 rings (SSSR count). The van der Waals surface area contributed by atoms with E-state index in [4.69, 9.17) is 14.9 Å². The van der Waals surface area contributed by atoms with Crippen molar-refractivity contribution in [1.82, 2.24) is 0 Å². The van der Waals surface area contributed by atoms with Gasteiger partial charge in [0.25, 0.3) is 5.91 Å². The van der Waals surface area contributed by atoms with Crippen LogP contribution >= 0.6 is 0 Å². The summed E-state index contributed by atoms with van der Waals surface area (Å²) in [5, 5.41) is 0. The Kier molecular flexibility index (Phi) is 4.20. The number of benzene rings is 1. The first-order valence-corrected chi connectivity index (χ1v) is 5.89. The lowest BCUT2D eigenvalue weighted by atomic mass is 10.2. The summed E-state index contributed by atoms with van der Waals surface area (Å²) in [6.45, 7) is 0.288. The molecule has 0 radical (unpaired) electrons. The molecule has 0 saturated heterocycles. The number of hydrogen-bond donors (Lipinski definition) is 1. The molecule has 5 heteroatoms. The molecule has 0 fully saturated rings. The van der Waals surface area contributed by atoms with Crippen molar-refractivity contribution in [3.05, 3.63) is 48.4 Å². The number of anilines is 2. The van der Waals surface area contributed by atoms with Crippen LogP contribution in [0, 0.1) is 0 Å². The molecular weight excluding hydrogens is 244 g/mol. The zero-order valence-corrected chi connectivity index (χ0v) is 10.7. The molecule has 0 aliphatic heterocycles. The first kappa shape index (κ1) is 13.2. The number of furan rings is 1. The summed E-state index contributed by atoms with van der Waals surface area (Å²) < 4.78 is 10.4. The van der Waals surface area contributed by atoms with Gasteiger partial charge in [0.05, 0.1) is 6.26 Å². The predicted octanol–water partition coefficient (Wildman–Crippen LogP) is 2.04. The number of hydrogen-bond acceptors (Lipinski definition) is 4. The lowest BCUT2D eigenvalue weighted by Crippen LogP contribution is -2.30. The molecule has 1 amide bonds. The lowest BCUT2D eigenvalue weighted by molar-refractivity contribution is -0.123. The molecule has 0 aliphatic rings. The molecule has 2 N–H and O–H groups in total. The fourth-order valence-electron chi connectivity index (χ4n) is 1.57. The summed E-state index contributed by atoms with van der Waals surface area (Å²) in [6, 6.07) is 10.7. The number of nitrogen functional groups attached to an aromatic ring is 1. The first-order chi connectivity index (χ1) is 9.16. The van der Waals surface area contributed by atoms with Gasteiger partial charge in [-0.1, -0.05) is 0 Å². The normalized spacial score (nSPS) is 10.4. The van der Waals surface area contributed by atoms with E-state index >= 15 is 0 Å². The van der Waals surface area contributed by atoms with E-state index in [1.807, 2.05) is 0 Å². The number of carbonyl (C=O) groups is 1. The number of ether oxygens (including phenoxy) is 1. The Hall–Kier alpha value is -2.27. The van der Waals surface area contributed by atoms with E-state index in [2.05, 4.69) is 0 Å². The van der Waals surface area contributed by atoms with Crippen molar-refractivity contribution in [1.29, 1.82) is 0 Å². The van der Waals surface area contributed by atoms with Crippen LogP contribution in [0.15, 0.2) is 47.1 Å². The van der Waals surface area contributed by atoms with Gasteiger partial charge in [-0.05, 0) is 36.4 Å². The summed E-state index contributed by atoms with van der Waals surface area (Å²) in [6.07, 6.45) is 1.57. The summed E-state index contributed by atoms with van der Waals surface area (Å²) in [7, 11) is 1.70. The lowest BCUT2D eigenvalue weighted by Gasteiger charge is -2.17. The van der Waals surface area contributed by atoms with E-state index in [1.54, 1.807) is 49.7 Å². The van der Waals surface area contributed by atoms with Gasteiger partial charge in [-0.25, -0.2) is 0 Å². The third kappa shape index (κ3) is 3.59. The summed E-state index contributed by atoms with van der Waals surface area (Å²) in [5.41, 5.74) is 7.04. The molecule has 100 valence electrons. The Morgan fingerprint density at radius 1 is 1.32 bits per heavy atom. The van der Waals surface area contributed by atoms with Crippen LogP contribution in [0.1, 0.15) is 5.76 Å². The van der Waals surface area contributed by atoms with Crippen molar-refractivity contribution in [3.63, 3.8) is 0 Å². The summed E-state index contributed by atoms with van der Waals surface area (Å²) >= 11 is 0. The topological polar surface area (TPSA) is 68.7 Å². The van der Waals surface area contributed by atoms with Gasteiger partial charge in [0.1, 0.15) is 19.0 Å². The Morgan fingerprint density at radius 2 is 2.05 bits per heavy atom. The standard InChI is InChI=1S/C14H16N2O3/c1-16(12-6-4-11(15)5-7-12)14(17)10-18-9-13-3-2-8-19-13/h2-8H,9-10,15H2,1H3. The highest BCUT2D eigenvalue weighted by Crippen LogP contribution is 2.15. The van der Waals surface area contributed by atoms with E-state index < -0.39 is 0 Å². The number of nitrogens with zero attached hydrogens (tertiary/aromatic N) is 1. The summed E-state index contributed by atoms with van der Waals surface area (Å²) in [4.78, 5) is 13.4. The van der Waals surface area contributed by atoms with E-state index in [-0.39, 0.29) is 19.1 Å². The van der Waals surface area contributed by atoms with Crippen molar-refractivity contribution in [2.75, 3.05) is 24.3 Å². The second-order valence-corrected chi connectivity index (χ2v) is 4.12. The number of rotatable bonds is 5. The molecule has 1 aromatic heterocycles. The molecule has 0 unspecified atom stereocenters. The Bertz CT molecular complexity index is 520. The minimum absolute atomic E-state index is 0.00156. The predicted molar refractivity (Wildman–Crippen MR) is 72.6 cm³/mol. The molecule has 0 spiro atoms. The van der Waals surface area contributed by atoms with Crippen LogP contribution in [0.2, 0.25) is 0 Å². The Morgan fingerprint density at radius 3 is 2.68 bits per heavy atom. The molecule has 1 heterocycles. The monoisotopic (exact) mass is 260 g/mol. The molecule has 1 aromatic carbocycles. The van der Waals surface area contributed by atoms with Crippen molar-refractivity contribution >= 4 is 17.3 Å². The third-order valence-corrected chi connectivity index (χ3v) is 2.70. The molecule has 2 aromatic rings. The van der Waals surface area contributed by atoms with Crippen LogP contribution in [0.4, 0.5) is 11.4 Å². The van der Waals surface area contributed by atoms with Crippen LogP contribution in [0.5, 0.6) is 0 Å². The Labute approximate surface area is 111 Å². The minimum atomic E-state index is -0.128. The molecule has 0 saturated carbocycles. The highest BCUT2D eigenvalue weighted by molar-refractivity contribution is 5.93. The number of carbonyl (C=O) groups excluding carboxylic acids is 1. The fourth-order valence-corrected chi connectivity index (χ4v) is 1.57. The Balaban J connectivity index is 1.83. The zero-order valence-electron chi connectivity index (χ0n) is 10.7. The van der Waals surface area contributed by atoms with E-state index in [1.165, 1.54) is 4.90 Å². The SMILES string of the molecule is CN(C(=O)COCc1ccco1)c1ccc(N)cc1. The van der Waals surface area contributed by atoms with Gasteiger partial charge >= 0.3 is 0 Å². The van der Waals surface area contributed by atoms with Gasteiger partial charge in [0.15, 0.2) is 0 Å². The molecule has 0 atom stereocenters. The maximum Gasteiger partial charge on any atom is 0.252 e. The van der Waals surface area contributed by atoms with Crippen molar-refractivity contribution in [3.8, 4) is 0 Å². The maximum atomic E-state index is 11.9. The number of amides is 1. The first-order valence-electron chi connectivity index (χ1n) is 5.89. The van der Waals surface area contributed by atoms with Crippen LogP contribution in [-0.4, -0.2) is 19.6 Å². The molecule has 19 heavy (non-hydrogen) atoms. The van der Waals surface area contributed by atoms with Crippen LogP contribution < -0.4 is 10.6 Å². The van der Waals surface area contributed by atoms with Crippen LogP contribution in [0.3, 0.4) is 0 Å². The van der Waals surface area contributed by atoms with Crippen molar-refractivity contribution in [2.24, 2.45) is 0 Å². The molecule has 0 aliphatic carbocycles. The van der Waals surface area contributed by atoms with Crippen molar-refractivity contribution in [2.45, 2.75) is 6.61 Å². The van der Waals surface area contributed by atoms with Crippen LogP contribution in [-0.2, 0) is 16.1 Å². The second kappa shape index (κ2) is 6.06. The zero-order chi connectivity index (χ0) is 13.7. The van der Waals surface area contributed by atoms with Crippen molar-refractivity contribution < 1.29 is 13.9 Å². The summed E-state index contributed by atoms with van der Waals surface area (Å²) in [5.74, 6) is 0.569. The quantitative estimate of drug-likeness (QED) is 0.835. The minimum Gasteiger partial charge on any atom is -0.467 e. The third-order valence-electron chi connectivity index (χ3n) is 2.70. The molecule has 0 bridgehead atoms. The van der Waals surface area contributed by atoms with E-state index in [0.717, 1.165) is 5.69 Å². The van der Waals surface area contributed by atoms with Gasteiger partial charge in [0.2, 0.25) is 0 Å². The maximum absolute atomic E-state index is 11.9. The average molecular weight is 260 g/mol.